The lowest BCUT2D eigenvalue weighted by atomic mass is 9.98. The Morgan fingerprint density at radius 1 is 1.44 bits per heavy atom. The van der Waals surface area contributed by atoms with Crippen LogP contribution in [0.5, 0.6) is 5.75 Å². The molecule has 1 saturated carbocycles. The van der Waals surface area contributed by atoms with Crippen LogP contribution in [0.4, 0.5) is 8.78 Å². The maximum atomic E-state index is 12.0. The van der Waals surface area contributed by atoms with Gasteiger partial charge in [0, 0.05) is 0 Å². The first-order valence-corrected chi connectivity index (χ1v) is 5.16. The van der Waals surface area contributed by atoms with Gasteiger partial charge in [-0.2, -0.15) is 8.78 Å². The van der Waals surface area contributed by atoms with E-state index in [0.717, 1.165) is 24.7 Å². The van der Waals surface area contributed by atoms with Gasteiger partial charge >= 0.3 is 6.61 Å². The summed E-state index contributed by atoms with van der Waals surface area (Å²) < 4.78 is 28.2. The van der Waals surface area contributed by atoms with Crippen molar-refractivity contribution in [3.8, 4) is 5.75 Å². The molecule has 0 amide bonds. The molecular formula is C11H9ClF2O2. The molecular weight excluding hydrogens is 238 g/mol. The summed E-state index contributed by atoms with van der Waals surface area (Å²) in [5.74, 6) is -0.0675. The average molecular weight is 247 g/mol. The second-order valence-corrected chi connectivity index (χ2v) is 4.20. The van der Waals surface area contributed by atoms with Gasteiger partial charge in [-0.05, 0) is 30.5 Å². The summed E-state index contributed by atoms with van der Waals surface area (Å²) in [5, 5.41) is 0.103. The summed E-state index contributed by atoms with van der Waals surface area (Å²) in [6.45, 7) is -2.90. The Kier molecular flexibility index (Phi) is 2.84. The van der Waals surface area contributed by atoms with Gasteiger partial charge in [0.25, 0.3) is 0 Å². The van der Waals surface area contributed by atoms with Crippen LogP contribution in [-0.4, -0.2) is 12.9 Å². The number of aldehydes is 1. The van der Waals surface area contributed by atoms with E-state index in [1.807, 2.05) is 0 Å². The molecule has 0 spiro atoms. The molecule has 5 heteroatoms. The van der Waals surface area contributed by atoms with Crippen molar-refractivity contribution in [2.75, 3.05) is 0 Å². The van der Waals surface area contributed by atoms with Crippen LogP contribution in [0.25, 0.3) is 0 Å². The van der Waals surface area contributed by atoms with Crippen LogP contribution < -0.4 is 4.74 Å². The van der Waals surface area contributed by atoms with E-state index in [-0.39, 0.29) is 10.8 Å². The zero-order valence-electron chi connectivity index (χ0n) is 8.25. The van der Waals surface area contributed by atoms with Gasteiger partial charge in [-0.3, -0.25) is 0 Å². The SMILES string of the molecule is O=CC1(c2ccc(OC(F)F)c(Cl)c2)CC1. The van der Waals surface area contributed by atoms with Crippen molar-refractivity contribution in [3.05, 3.63) is 28.8 Å². The highest BCUT2D eigenvalue weighted by Crippen LogP contribution is 2.47. The van der Waals surface area contributed by atoms with Crippen LogP contribution in [0, 0.1) is 0 Å². The lowest BCUT2D eigenvalue weighted by Gasteiger charge is -2.11. The van der Waals surface area contributed by atoms with Crippen molar-refractivity contribution >= 4 is 17.9 Å². The summed E-state index contributed by atoms with van der Waals surface area (Å²) in [6, 6.07) is 4.49. The fourth-order valence-electron chi connectivity index (χ4n) is 1.61. The van der Waals surface area contributed by atoms with Crippen LogP contribution in [0.3, 0.4) is 0 Å². The van der Waals surface area contributed by atoms with E-state index in [1.165, 1.54) is 12.1 Å². The number of halogens is 3. The molecule has 1 aromatic rings. The van der Waals surface area contributed by atoms with Crippen molar-refractivity contribution in [3.63, 3.8) is 0 Å². The predicted molar refractivity (Wildman–Crippen MR) is 55.1 cm³/mol. The van der Waals surface area contributed by atoms with E-state index >= 15 is 0 Å². The van der Waals surface area contributed by atoms with Crippen LogP contribution in [0.15, 0.2) is 18.2 Å². The molecule has 0 radical (unpaired) electrons. The Balaban J connectivity index is 2.26. The van der Waals surface area contributed by atoms with Crippen LogP contribution in [0.2, 0.25) is 5.02 Å². The zero-order valence-corrected chi connectivity index (χ0v) is 9.01. The van der Waals surface area contributed by atoms with Gasteiger partial charge < -0.3 is 9.53 Å². The van der Waals surface area contributed by atoms with Gasteiger partial charge in [-0.25, -0.2) is 0 Å². The van der Waals surface area contributed by atoms with Crippen molar-refractivity contribution in [2.45, 2.75) is 24.9 Å². The topological polar surface area (TPSA) is 26.3 Å². The standard InChI is InChI=1S/C11H9ClF2O2/c12-8-5-7(11(6-15)3-4-11)1-2-9(8)16-10(13)14/h1-2,5-6,10H,3-4H2. The molecule has 0 aromatic heterocycles. The number of ether oxygens (including phenoxy) is 1. The highest BCUT2D eigenvalue weighted by atomic mass is 35.5. The normalized spacial score (nSPS) is 17.2. The lowest BCUT2D eigenvalue weighted by Crippen LogP contribution is -2.08. The third-order valence-electron chi connectivity index (χ3n) is 2.74. The highest BCUT2D eigenvalue weighted by Gasteiger charge is 2.44. The van der Waals surface area contributed by atoms with Crippen molar-refractivity contribution in [1.82, 2.24) is 0 Å². The van der Waals surface area contributed by atoms with E-state index in [4.69, 9.17) is 11.6 Å². The summed E-state index contributed by atoms with van der Waals surface area (Å²) in [6.07, 6.45) is 2.44. The van der Waals surface area contributed by atoms with Crippen LogP contribution >= 0.6 is 11.6 Å². The van der Waals surface area contributed by atoms with E-state index < -0.39 is 12.0 Å². The minimum Gasteiger partial charge on any atom is -0.433 e. The lowest BCUT2D eigenvalue weighted by molar-refractivity contribution is -0.109. The fourth-order valence-corrected chi connectivity index (χ4v) is 1.84. The third-order valence-corrected chi connectivity index (χ3v) is 3.03. The Morgan fingerprint density at radius 3 is 2.56 bits per heavy atom. The molecule has 0 saturated heterocycles. The summed E-state index contributed by atoms with van der Waals surface area (Å²) >= 11 is 5.79. The quantitative estimate of drug-likeness (QED) is 0.763. The number of carbonyl (C=O) groups excluding carboxylic acids is 1. The van der Waals surface area contributed by atoms with Gasteiger partial charge in [-0.15, -0.1) is 0 Å². The summed E-state index contributed by atoms with van der Waals surface area (Å²) in [5.41, 5.74) is 0.307. The molecule has 2 nitrogen and oxygen atoms in total. The van der Waals surface area contributed by atoms with Gasteiger partial charge in [0.05, 0.1) is 10.4 Å². The predicted octanol–water partition coefficient (Wildman–Crippen LogP) is 3.17. The maximum absolute atomic E-state index is 12.0. The van der Waals surface area contributed by atoms with Gasteiger partial charge in [0.15, 0.2) is 0 Å². The molecule has 1 fully saturated rings. The van der Waals surface area contributed by atoms with Crippen molar-refractivity contribution < 1.29 is 18.3 Å². The number of benzene rings is 1. The van der Waals surface area contributed by atoms with E-state index in [0.29, 0.717) is 0 Å². The van der Waals surface area contributed by atoms with Crippen LogP contribution in [0.1, 0.15) is 18.4 Å². The second kappa shape index (κ2) is 4.01. The molecule has 0 aliphatic heterocycles. The summed E-state index contributed by atoms with van der Waals surface area (Å²) in [4.78, 5) is 10.9. The smallest absolute Gasteiger partial charge is 0.387 e. The minimum absolute atomic E-state index is 0.0675. The second-order valence-electron chi connectivity index (χ2n) is 3.80. The number of alkyl halides is 2. The molecule has 1 aliphatic rings. The maximum Gasteiger partial charge on any atom is 0.387 e. The fraction of sp³-hybridized carbons (Fsp3) is 0.364. The highest BCUT2D eigenvalue weighted by molar-refractivity contribution is 6.32. The molecule has 0 bridgehead atoms. The molecule has 0 atom stereocenters. The number of hydrogen-bond acceptors (Lipinski definition) is 2. The average Bonchev–Trinajstić information content (AvgIpc) is 3.01. The van der Waals surface area contributed by atoms with Crippen molar-refractivity contribution in [2.24, 2.45) is 0 Å². The largest absolute Gasteiger partial charge is 0.433 e. The Hall–Kier alpha value is -1.16. The zero-order chi connectivity index (χ0) is 11.8. The van der Waals surface area contributed by atoms with E-state index in [1.54, 1.807) is 6.07 Å². The Morgan fingerprint density at radius 2 is 2.12 bits per heavy atom. The first-order valence-electron chi connectivity index (χ1n) is 4.78. The van der Waals surface area contributed by atoms with Crippen LogP contribution in [-0.2, 0) is 10.2 Å². The molecule has 16 heavy (non-hydrogen) atoms. The van der Waals surface area contributed by atoms with Crippen molar-refractivity contribution in [1.29, 1.82) is 0 Å². The van der Waals surface area contributed by atoms with Gasteiger partial charge in [0.1, 0.15) is 12.0 Å². The monoisotopic (exact) mass is 246 g/mol. The first kappa shape index (κ1) is 11.3. The third kappa shape index (κ3) is 2.02. The Bertz CT molecular complexity index is 416. The number of rotatable bonds is 4. The van der Waals surface area contributed by atoms with Gasteiger partial charge in [0.2, 0.25) is 0 Å². The molecule has 1 aromatic carbocycles. The number of carbonyl (C=O) groups is 1. The Labute approximate surface area is 96.2 Å². The minimum atomic E-state index is -2.90. The molecule has 0 unspecified atom stereocenters. The molecule has 1 aliphatic carbocycles. The number of hydrogen-bond donors (Lipinski definition) is 0. The molecule has 0 heterocycles. The van der Waals surface area contributed by atoms with Gasteiger partial charge in [-0.1, -0.05) is 17.7 Å². The molecule has 0 N–H and O–H groups in total. The molecule has 86 valence electrons. The molecule has 2 rings (SSSR count). The first-order chi connectivity index (χ1) is 7.57. The van der Waals surface area contributed by atoms with E-state index in [2.05, 4.69) is 4.74 Å². The summed E-state index contributed by atoms with van der Waals surface area (Å²) in [7, 11) is 0. The van der Waals surface area contributed by atoms with E-state index in [9.17, 15) is 13.6 Å².